The van der Waals surface area contributed by atoms with Crippen LogP contribution in [0.1, 0.15) is 31.8 Å². The molecule has 4 aromatic carbocycles. The van der Waals surface area contributed by atoms with E-state index < -0.39 is 56.6 Å². The number of hydrogen-bond donors (Lipinski definition) is 0. The summed E-state index contributed by atoms with van der Waals surface area (Å²) in [6.45, 7) is 0. The van der Waals surface area contributed by atoms with Gasteiger partial charge in [0.2, 0.25) is 0 Å². The second-order valence-corrected chi connectivity index (χ2v) is 11.0. The first kappa shape index (κ1) is 28.1. The molecule has 0 radical (unpaired) electrons. The molecule has 200 valence electrons. The molecule has 0 saturated heterocycles. The second kappa shape index (κ2) is 11.5. The Morgan fingerprint density at radius 3 is 1.08 bits per heavy atom. The van der Waals surface area contributed by atoms with Crippen molar-refractivity contribution >= 4 is 11.9 Å². The van der Waals surface area contributed by atoms with E-state index in [0.29, 0.717) is 0 Å². The van der Waals surface area contributed by atoms with Gasteiger partial charge in [0.05, 0.1) is 22.3 Å². The number of esters is 2. The molecule has 0 N–H and O–H groups in total. The molecule has 0 aliphatic carbocycles. The van der Waals surface area contributed by atoms with Gasteiger partial charge in [-0.05, 0) is 97.1 Å². The van der Waals surface area contributed by atoms with E-state index in [2.05, 4.69) is 0 Å². The third-order valence-electron chi connectivity index (χ3n) is 5.16. The quantitative estimate of drug-likeness (QED) is 0.135. The van der Waals surface area contributed by atoms with Gasteiger partial charge < -0.3 is 9.47 Å². The molecule has 4 rings (SSSR count). The molecule has 0 atom stereocenters. The number of ether oxygens (including phenoxy) is 2. The lowest BCUT2D eigenvalue weighted by Crippen LogP contribution is -3.61. The molecule has 0 aliphatic heterocycles. The van der Waals surface area contributed by atoms with Crippen LogP contribution >= 0.6 is 0 Å². The smallest absolute Gasteiger partial charge is 0.416 e. The zero-order valence-corrected chi connectivity index (χ0v) is 21.7. The maximum atomic E-state index is 12.7. The molecular formula is C28H16F6IO4+. The van der Waals surface area contributed by atoms with E-state index in [4.69, 9.17) is 9.47 Å². The van der Waals surface area contributed by atoms with Gasteiger partial charge in [-0.1, -0.05) is 0 Å². The summed E-state index contributed by atoms with van der Waals surface area (Å²) in [4.78, 5) is 24.5. The molecule has 0 amide bonds. The van der Waals surface area contributed by atoms with Crippen LogP contribution in [0.3, 0.4) is 0 Å². The Morgan fingerprint density at radius 2 is 0.795 bits per heavy atom. The molecule has 4 aromatic rings. The Bertz CT molecular complexity index is 1330. The van der Waals surface area contributed by atoms with Crippen LogP contribution in [0.5, 0.6) is 11.5 Å². The molecule has 0 saturated carbocycles. The van der Waals surface area contributed by atoms with Gasteiger partial charge in [-0.3, -0.25) is 0 Å². The van der Waals surface area contributed by atoms with E-state index in [1.807, 2.05) is 0 Å². The van der Waals surface area contributed by atoms with Gasteiger partial charge in [0.1, 0.15) is 11.5 Å². The third-order valence-corrected chi connectivity index (χ3v) is 7.85. The van der Waals surface area contributed by atoms with Crippen molar-refractivity contribution in [2.75, 3.05) is 0 Å². The van der Waals surface area contributed by atoms with E-state index >= 15 is 0 Å². The lowest BCUT2D eigenvalue weighted by Gasteiger charge is -2.08. The zero-order valence-electron chi connectivity index (χ0n) is 19.5. The average molecular weight is 657 g/mol. The largest absolute Gasteiger partial charge is 0.423 e. The lowest BCUT2D eigenvalue weighted by atomic mass is 10.1. The van der Waals surface area contributed by atoms with Crippen molar-refractivity contribution in [1.82, 2.24) is 0 Å². The fraction of sp³-hybridized carbons (Fsp3) is 0.0714. The van der Waals surface area contributed by atoms with Crippen molar-refractivity contribution in [2.45, 2.75) is 12.4 Å². The number of carbonyl (C=O) groups is 2. The second-order valence-electron chi connectivity index (χ2n) is 7.93. The monoisotopic (exact) mass is 657 g/mol. The molecule has 0 fully saturated rings. The highest BCUT2D eigenvalue weighted by atomic mass is 127. The number of rotatable bonds is 6. The van der Waals surface area contributed by atoms with Crippen LogP contribution in [0.25, 0.3) is 0 Å². The minimum atomic E-state index is -4.50. The Balaban J connectivity index is 1.31. The predicted molar refractivity (Wildman–Crippen MR) is 123 cm³/mol. The summed E-state index contributed by atoms with van der Waals surface area (Å²) in [5, 5.41) is 0. The van der Waals surface area contributed by atoms with Gasteiger partial charge in [0.25, 0.3) is 0 Å². The molecule has 0 heterocycles. The third kappa shape index (κ3) is 7.59. The minimum absolute atomic E-state index is 0.0152. The molecule has 0 unspecified atom stereocenters. The van der Waals surface area contributed by atoms with Crippen molar-refractivity contribution in [3.63, 3.8) is 0 Å². The number of alkyl halides is 6. The van der Waals surface area contributed by atoms with Gasteiger partial charge in [-0.15, -0.1) is 0 Å². The van der Waals surface area contributed by atoms with Crippen molar-refractivity contribution < 1.29 is 66.6 Å². The number of halogens is 7. The number of benzene rings is 4. The van der Waals surface area contributed by atoms with Gasteiger partial charge in [-0.2, -0.15) is 26.3 Å². The normalized spacial score (nSPS) is 11.6. The highest BCUT2D eigenvalue weighted by Crippen LogP contribution is 2.30. The standard InChI is InChI=1S/C28H16F6IO4/c29-27(30,31)19-5-1-17(2-6-19)25(36)38-23-13-9-21(10-14-23)35-22-11-15-24(16-12-22)39-26(37)18-3-7-20(8-4-18)28(32,33)34/h1-16H/q+1. The molecule has 39 heavy (non-hydrogen) atoms. The summed E-state index contributed by atoms with van der Waals surface area (Å²) in [5.74, 6) is -1.10. The van der Waals surface area contributed by atoms with E-state index in [1.165, 1.54) is 0 Å². The van der Waals surface area contributed by atoms with E-state index in [0.717, 1.165) is 55.7 Å². The maximum absolute atomic E-state index is 12.7. The van der Waals surface area contributed by atoms with Crippen LogP contribution in [-0.2, 0) is 12.4 Å². The molecule has 0 aromatic heterocycles. The molecule has 0 aliphatic rings. The average Bonchev–Trinajstić information content (AvgIpc) is 2.90. The zero-order chi connectivity index (χ0) is 28.2. The van der Waals surface area contributed by atoms with Crippen LogP contribution in [0.2, 0.25) is 0 Å². The van der Waals surface area contributed by atoms with Crippen LogP contribution in [0.15, 0.2) is 97.1 Å². The first-order valence-electron chi connectivity index (χ1n) is 11.0. The van der Waals surface area contributed by atoms with Gasteiger partial charge in [-0.25, -0.2) is 9.59 Å². The van der Waals surface area contributed by atoms with Gasteiger partial charge >= 0.3 is 45.5 Å². The Kier molecular flexibility index (Phi) is 8.28. The predicted octanol–water partition coefficient (Wildman–Crippen LogP) is 4.29. The summed E-state index contributed by atoms with van der Waals surface area (Å²) < 4.78 is 88.5. The lowest BCUT2D eigenvalue weighted by molar-refractivity contribution is -0.597. The summed E-state index contributed by atoms with van der Waals surface area (Å²) in [6.07, 6.45) is -9.00. The molecule has 0 bridgehead atoms. The first-order chi connectivity index (χ1) is 18.4. The maximum Gasteiger partial charge on any atom is 0.416 e. The fourth-order valence-corrected chi connectivity index (χ4v) is 5.34. The molecular weight excluding hydrogens is 641 g/mol. The van der Waals surface area contributed by atoms with Crippen LogP contribution in [-0.4, -0.2) is 11.9 Å². The summed E-state index contributed by atoms with van der Waals surface area (Å²) in [7, 11) is 0. The van der Waals surface area contributed by atoms with Crippen molar-refractivity contribution in [3.05, 3.63) is 126 Å². The Morgan fingerprint density at radius 1 is 0.487 bits per heavy atom. The van der Waals surface area contributed by atoms with E-state index in [-0.39, 0.29) is 22.6 Å². The number of carbonyl (C=O) groups excluding carboxylic acids is 2. The fourth-order valence-electron chi connectivity index (χ4n) is 3.18. The van der Waals surface area contributed by atoms with Gasteiger partial charge in [0.15, 0.2) is 7.14 Å². The molecule has 0 spiro atoms. The highest BCUT2D eigenvalue weighted by molar-refractivity contribution is 5.91. The summed E-state index contributed by atoms with van der Waals surface area (Å²) >= 11 is -0.653. The van der Waals surface area contributed by atoms with Crippen molar-refractivity contribution in [3.8, 4) is 11.5 Å². The first-order valence-corrected chi connectivity index (χ1v) is 13.2. The van der Waals surface area contributed by atoms with Crippen LogP contribution in [0.4, 0.5) is 26.3 Å². The minimum Gasteiger partial charge on any atom is -0.423 e. The molecule has 4 nitrogen and oxygen atoms in total. The van der Waals surface area contributed by atoms with Crippen LogP contribution < -0.4 is 30.7 Å². The van der Waals surface area contributed by atoms with Crippen molar-refractivity contribution in [2.24, 2.45) is 0 Å². The Labute approximate surface area is 228 Å². The van der Waals surface area contributed by atoms with Crippen molar-refractivity contribution in [1.29, 1.82) is 0 Å². The van der Waals surface area contributed by atoms with Crippen LogP contribution in [0, 0.1) is 7.14 Å². The van der Waals surface area contributed by atoms with E-state index in [9.17, 15) is 35.9 Å². The van der Waals surface area contributed by atoms with E-state index in [1.54, 1.807) is 48.5 Å². The SMILES string of the molecule is O=C(Oc1ccc([I+]c2ccc(OC(=O)c3ccc(C(F)(F)F)cc3)cc2)cc1)c1ccc(C(F)(F)F)cc1. The Hall–Kier alpha value is -3.87. The summed E-state index contributed by atoms with van der Waals surface area (Å²) in [6, 6.07) is 20.8. The summed E-state index contributed by atoms with van der Waals surface area (Å²) in [5.41, 5.74) is -1.76. The molecule has 11 heteroatoms. The highest BCUT2D eigenvalue weighted by Gasteiger charge is 2.31. The topological polar surface area (TPSA) is 52.6 Å². The van der Waals surface area contributed by atoms with Gasteiger partial charge in [0, 0.05) is 0 Å². The number of hydrogen-bond acceptors (Lipinski definition) is 4.